The van der Waals surface area contributed by atoms with Gasteiger partial charge in [0.1, 0.15) is 5.76 Å². The number of ketones is 1. The summed E-state index contributed by atoms with van der Waals surface area (Å²) in [6.45, 7) is 0. The van der Waals surface area contributed by atoms with Crippen molar-refractivity contribution in [2.45, 2.75) is 6.18 Å². The third-order valence-corrected chi connectivity index (χ3v) is 1.31. The summed E-state index contributed by atoms with van der Waals surface area (Å²) in [5.41, 5.74) is 0. The molecule has 1 aromatic heterocycles. The molecule has 77 valence electrons. The Kier molecular flexibility index (Phi) is 5.13. The van der Waals surface area contributed by atoms with Gasteiger partial charge in [0.25, 0.3) is 5.78 Å². The first-order chi connectivity index (χ1) is 6.41. The summed E-state index contributed by atoms with van der Waals surface area (Å²) in [7, 11) is 0. The molecular formula is C8H4F3NaO3-. The predicted molar refractivity (Wildman–Crippen MR) is 43.5 cm³/mol. The van der Waals surface area contributed by atoms with E-state index in [1.807, 2.05) is 0 Å². The van der Waals surface area contributed by atoms with E-state index in [4.69, 9.17) is 0 Å². The minimum atomic E-state index is -5.03. The number of allylic oxidation sites excluding steroid dienone is 1. The van der Waals surface area contributed by atoms with Crippen LogP contribution >= 0.6 is 0 Å². The Bertz CT molecular complexity index is 354. The van der Waals surface area contributed by atoms with Crippen LogP contribution in [-0.4, -0.2) is 41.5 Å². The fourth-order valence-electron chi connectivity index (χ4n) is 0.691. The molecule has 0 aromatic carbocycles. The normalized spacial score (nSPS) is 12.1. The van der Waals surface area contributed by atoms with Crippen LogP contribution in [0, 0.1) is 0 Å². The zero-order valence-electron chi connectivity index (χ0n) is 7.67. The Morgan fingerprint density at radius 1 is 1.47 bits per heavy atom. The van der Waals surface area contributed by atoms with E-state index < -0.39 is 17.7 Å². The van der Waals surface area contributed by atoms with Gasteiger partial charge in [-0.1, -0.05) is 5.76 Å². The van der Waals surface area contributed by atoms with Crippen molar-refractivity contribution in [2.75, 3.05) is 0 Å². The van der Waals surface area contributed by atoms with E-state index in [2.05, 4.69) is 4.42 Å². The Morgan fingerprint density at radius 2 is 2.07 bits per heavy atom. The molecule has 0 unspecified atom stereocenters. The maximum Gasteiger partial charge on any atom is 0.454 e. The first kappa shape index (κ1) is 14.3. The van der Waals surface area contributed by atoms with E-state index in [0.29, 0.717) is 0 Å². The van der Waals surface area contributed by atoms with Crippen molar-refractivity contribution >= 4 is 41.1 Å². The van der Waals surface area contributed by atoms with E-state index in [1.165, 1.54) is 12.1 Å². The smallest absolute Gasteiger partial charge is 0.454 e. The Labute approximate surface area is 105 Å². The quantitative estimate of drug-likeness (QED) is 0.426. The van der Waals surface area contributed by atoms with Gasteiger partial charge in [0.05, 0.1) is 6.26 Å². The average molecular weight is 228 g/mol. The van der Waals surface area contributed by atoms with Gasteiger partial charge in [-0.25, -0.2) is 0 Å². The third kappa shape index (κ3) is 4.11. The predicted octanol–water partition coefficient (Wildman–Crippen LogP) is 0.731. The number of carbonyl (C=O) groups excluding carboxylic acids is 1. The molecule has 0 aliphatic heterocycles. The van der Waals surface area contributed by atoms with Crippen molar-refractivity contribution in [3.63, 3.8) is 0 Å². The molecule has 0 saturated heterocycles. The molecule has 0 N–H and O–H groups in total. The van der Waals surface area contributed by atoms with Gasteiger partial charge < -0.3 is 9.52 Å². The molecule has 1 radical (unpaired) electrons. The molecule has 0 aliphatic carbocycles. The van der Waals surface area contributed by atoms with Crippen molar-refractivity contribution < 1.29 is 27.5 Å². The number of hydrogen-bond acceptors (Lipinski definition) is 3. The number of carbonyl (C=O) groups is 1. The number of rotatable bonds is 2. The maximum atomic E-state index is 11.7. The summed E-state index contributed by atoms with van der Waals surface area (Å²) >= 11 is 0. The molecule has 0 bridgehead atoms. The van der Waals surface area contributed by atoms with Gasteiger partial charge >= 0.3 is 6.18 Å². The van der Waals surface area contributed by atoms with Crippen LogP contribution in [0.4, 0.5) is 13.2 Å². The molecule has 0 atom stereocenters. The van der Waals surface area contributed by atoms with Gasteiger partial charge in [0.15, 0.2) is 0 Å². The van der Waals surface area contributed by atoms with Crippen LogP contribution in [0.25, 0.3) is 5.76 Å². The zero-order chi connectivity index (χ0) is 10.8. The minimum absolute atomic E-state index is 0. The molecule has 0 saturated carbocycles. The molecule has 15 heavy (non-hydrogen) atoms. The van der Waals surface area contributed by atoms with Gasteiger partial charge in [-0.05, 0) is 18.2 Å². The van der Waals surface area contributed by atoms with Gasteiger partial charge in [-0.15, -0.1) is 0 Å². The molecule has 0 spiro atoms. The van der Waals surface area contributed by atoms with Crippen LogP contribution in [0.1, 0.15) is 5.76 Å². The summed E-state index contributed by atoms with van der Waals surface area (Å²) < 4.78 is 39.6. The van der Waals surface area contributed by atoms with Gasteiger partial charge in [0.2, 0.25) is 0 Å². The monoisotopic (exact) mass is 228 g/mol. The van der Waals surface area contributed by atoms with Crippen LogP contribution in [0.5, 0.6) is 0 Å². The fourth-order valence-corrected chi connectivity index (χ4v) is 0.691. The summed E-state index contributed by atoms with van der Waals surface area (Å²) in [4.78, 5) is 10.3. The van der Waals surface area contributed by atoms with E-state index in [1.54, 1.807) is 0 Å². The van der Waals surface area contributed by atoms with Crippen LogP contribution in [-0.2, 0) is 4.79 Å². The van der Waals surface area contributed by atoms with Crippen molar-refractivity contribution in [3.8, 4) is 0 Å². The number of alkyl halides is 3. The third-order valence-electron chi connectivity index (χ3n) is 1.31. The summed E-state index contributed by atoms with van der Waals surface area (Å²) in [5.74, 6) is -3.60. The second kappa shape index (κ2) is 5.39. The first-order valence-corrected chi connectivity index (χ1v) is 3.45. The average Bonchev–Trinajstić information content (AvgIpc) is 2.53. The summed E-state index contributed by atoms with van der Waals surface area (Å²) in [6, 6.07) is 2.50. The van der Waals surface area contributed by atoms with Gasteiger partial charge in [-0.3, -0.25) is 4.79 Å². The SMILES string of the molecule is O=C(/C=C(\[O-])c1ccco1)C(F)(F)F.[Na]. The van der Waals surface area contributed by atoms with Gasteiger partial charge in [0, 0.05) is 29.6 Å². The fraction of sp³-hybridized carbons (Fsp3) is 0.125. The second-order valence-corrected chi connectivity index (χ2v) is 2.35. The van der Waals surface area contributed by atoms with Crippen LogP contribution < -0.4 is 5.11 Å². The number of furan rings is 1. The van der Waals surface area contributed by atoms with Crippen molar-refractivity contribution in [2.24, 2.45) is 0 Å². The summed E-state index contributed by atoms with van der Waals surface area (Å²) in [5, 5.41) is 10.9. The van der Waals surface area contributed by atoms with E-state index in [9.17, 15) is 23.1 Å². The van der Waals surface area contributed by atoms with Gasteiger partial charge in [-0.2, -0.15) is 13.2 Å². The van der Waals surface area contributed by atoms with Crippen molar-refractivity contribution in [3.05, 3.63) is 30.2 Å². The van der Waals surface area contributed by atoms with Crippen LogP contribution in [0.3, 0.4) is 0 Å². The molecule has 1 heterocycles. The van der Waals surface area contributed by atoms with E-state index in [-0.39, 0.29) is 41.4 Å². The van der Waals surface area contributed by atoms with E-state index >= 15 is 0 Å². The Balaban J connectivity index is 0.00000196. The van der Waals surface area contributed by atoms with Crippen molar-refractivity contribution in [1.82, 2.24) is 0 Å². The first-order valence-electron chi connectivity index (χ1n) is 3.45. The number of halogens is 3. The maximum absolute atomic E-state index is 11.7. The second-order valence-electron chi connectivity index (χ2n) is 2.35. The number of hydrogen-bond donors (Lipinski definition) is 0. The van der Waals surface area contributed by atoms with Crippen LogP contribution in [0.2, 0.25) is 0 Å². The Morgan fingerprint density at radius 3 is 2.47 bits per heavy atom. The molecule has 0 aliphatic rings. The molecular weight excluding hydrogens is 224 g/mol. The molecule has 3 nitrogen and oxygen atoms in total. The molecule has 0 amide bonds. The van der Waals surface area contributed by atoms with E-state index in [0.717, 1.165) is 6.26 Å². The molecule has 0 fully saturated rings. The largest absolute Gasteiger partial charge is 0.870 e. The minimum Gasteiger partial charge on any atom is -0.870 e. The molecule has 7 heteroatoms. The summed E-state index contributed by atoms with van der Waals surface area (Å²) in [6.07, 6.45) is -3.94. The topological polar surface area (TPSA) is 53.3 Å². The molecule has 1 rings (SSSR count). The van der Waals surface area contributed by atoms with Crippen molar-refractivity contribution in [1.29, 1.82) is 0 Å². The standard InChI is InChI=1S/C8H5F3O3.Na/c9-8(10,11)7(13)4-5(12)6-2-1-3-14-6;/h1-4,12H;/p-1/b5-4-;. The zero-order valence-corrected chi connectivity index (χ0v) is 9.67. The van der Waals surface area contributed by atoms with Crippen LogP contribution in [0.15, 0.2) is 28.9 Å². The Hall–Kier alpha value is -0.720. The molecule has 1 aromatic rings.